The molecule has 3 rings (SSSR count). The van der Waals surface area contributed by atoms with Crippen LogP contribution < -0.4 is 19.5 Å². The summed E-state index contributed by atoms with van der Waals surface area (Å²) in [5.41, 5.74) is -0.0439. The van der Waals surface area contributed by atoms with Gasteiger partial charge in [-0.2, -0.15) is 0 Å². The predicted molar refractivity (Wildman–Crippen MR) is 89.9 cm³/mol. The minimum atomic E-state index is -4.83. The predicted octanol–water partition coefficient (Wildman–Crippen LogP) is 4.09. The minimum Gasteiger partial charge on any atom is -0.486 e. The number of carbonyl (C=O) groups excluding carboxylic acids is 1. The first-order valence-corrected chi connectivity index (χ1v) is 8.56. The molecule has 2 aromatic carbocycles. The third-order valence-corrected chi connectivity index (χ3v) is 4.26. The van der Waals surface area contributed by atoms with Gasteiger partial charge in [-0.15, -0.1) is 24.9 Å². The maximum absolute atomic E-state index is 12.4. The average Bonchev–Trinajstić information content (AvgIpc) is 2.60. The summed E-state index contributed by atoms with van der Waals surface area (Å²) in [6.07, 6.45) is -4.83. The summed E-state index contributed by atoms with van der Waals surface area (Å²) in [7, 11) is 0. The van der Waals surface area contributed by atoms with Gasteiger partial charge in [0.15, 0.2) is 17.2 Å². The smallest absolute Gasteiger partial charge is 0.486 e. The molecule has 1 aliphatic heterocycles. The zero-order valence-electron chi connectivity index (χ0n) is 13.3. The van der Waals surface area contributed by atoms with E-state index >= 15 is 0 Å². The van der Waals surface area contributed by atoms with E-state index in [2.05, 4.69) is 10.1 Å². The second-order valence-corrected chi connectivity index (χ2v) is 6.24. The van der Waals surface area contributed by atoms with Crippen molar-refractivity contribution >= 4 is 23.4 Å². The molecule has 0 aliphatic carbocycles. The van der Waals surface area contributed by atoms with E-state index in [9.17, 15) is 18.0 Å². The standard InChI is InChI=1S/C17H14F3NO4S/c18-17(19,20)25-13-4-2-1-3-12(13)21-16(22)10-26-11-5-6-14-15(9-11)24-8-7-23-14/h1-6,9H,7-8,10H2,(H,21,22). The molecule has 0 radical (unpaired) electrons. The molecule has 0 bridgehead atoms. The van der Waals surface area contributed by atoms with Crippen LogP contribution in [0.2, 0.25) is 0 Å². The number of hydrogen-bond donors (Lipinski definition) is 1. The Labute approximate surface area is 151 Å². The lowest BCUT2D eigenvalue weighted by atomic mass is 10.3. The second-order valence-electron chi connectivity index (χ2n) is 5.19. The number of anilines is 1. The van der Waals surface area contributed by atoms with Crippen LogP contribution in [0.25, 0.3) is 0 Å². The van der Waals surface area contributed by atoms with Crippen LogP contribution in [0.3, 0.4) is 0 Å². The molecule has 1 aliphatic rings. The molecule has 2 aromatic rings. The number of para-hydroxylation sites is 2. The van der Waals surface area contributed by atoms with Gasteiger partial charge in [-0.3, -0.25) is 4.79 Å². The Morgan fingerprint density at radius 3 is 2.62 bits per heavy atom. The summed E-state index contributed by atoms with van der Waals surface area (Å²) in [5, 5.41) is 2.42. The van der Waals surface area contributed by atoms with Crippen molar-refractivity contribution in [1.29, 1.82) is 0 Å². The number of rotatable bonds is 5. The van der Waals surface area contributed by atoms with Gasteiger partial charge < -0.3 is 19.5 Å². The molecular formula is C17H14F3NO4S. The van der Waals surface area contributed by atoms with Crippen molar-refractivity contribution in [2.75, 3.05) is 24.3 Å². The van der Waals surface area contributed by atoms with Gasteiger partial charge in [0, 0.05) is 4.90 Å². The first kappa shape index (κ1) is 18.2. The van der Waals surface area contributed by atoms with Crippen LogP contribution in [0, 0.1) is 0 Å². The van der Waals surface area contributed by atoms with Crippen molar-refractivity contribution in [3.05, 3.63) is 42.5 Å². The van der Waals surface area contributed by atoms with Crippen LogP contribution in [0.15, 0.2) is 47.4 Å². The first-order chi connectivity index (χ1) is 12.4. The molecule has 1 amide bonds. The zero-order valence-corrected chi connectivity index (χ0v) is 14.2. The lowest BCUT2D eigenvalue weighted by Gasteiger charge is -2.18. The van der Waals surface area contributed by atoms with Crippen molar-refractivity contribution in [3.63, 3.8) is 0 Å². The van der Waals surface area contributed by atoms with Crippen molar-refractivity contribution in [2.45, 2.75) is 11.3 Å². The van der Waals surface area contributed by atoms with Crippen LogP contribution in [-0.4, -0.2) is 31.2 Å². The molecular weight excluding hydrogens is 371 g/mol. The van der Waals surface area contributed by atoms with Crippen LogP contribution in [0.5, 0.6) is 17.2 Å². The lowest BCUT2D eigenvalue weighted by Crippen LogP contribution is -2.20. The fourth-order valence-electron chi connectivity index (χ4n) is 2.23. The molecule has 0 unspecified atom stereocenters. The third-order valence-electron chi connectivity index (χ3n) is 3.27. The summed E-state index contributed by atoms with van der Waals surface area (Å²) in [6, 6.07) is 10.7. The Hall–Kier alpha value is -2.55. The summed E-state index contributed by atoms with van der Waals surface area (Å²) < 4.78 is 52.0. The van der Waals surface area contributed by atoms with Crippen LogP contribution >= 0.6 is 11.8 Å². The maximum Gasteiger partial charge on any atom is 0.573 e. The van der Waals surface area contributed by atoms with E-state index in [0.29, 0.717) is 24.7 Å². The quantitative estimate of drug-likeness (QED) is 0.786. The van der Waals surface area contributed by atoms with E-state index in [1.54, 1.807) is 18.2 Å². The van der Waals surface area contributed by atoms with Gasteiger partial charge in [0.2, 0.25) is 5.91 Å². The van der Waals surface area contributed by atoms with E-state index < -0.39 is 18.0 Å². The zero-order chi connectivity index (χ0) is 18.6. The van der Waals surface area contributed by atoms with Gasteiger partial charge in [0.25, 0.3) is 0 Å². The number of fused-ring (bicyclic) bond motifs is 1. The Bertz CT molecular complexity index is 798. The summed E-state index contributed by atoms with van der Waals surface area (Å²) >= 11 is 1.23. The van der Waals surface area contributed by atoms with E-state index in [0.717, 1.165) is 11.0 Å². The number of halogens is 3. The Balaban J connectivity index is 1.60. The summed E-state index contributed by atoms with van der Waals surface area (Å²) in [6.45, 7) is 0.943. The van der Waals surface area contributed by atoms with Crippen LogP contribution in [0.1, 0.15) is 0 Å². The highest BCUT2D eigenvalue weighted by molar-refractivity contribution is 8.00. The summed E-state index contributed by atoms with van der Waals surface area (Å²) in [4.78, 5) is 12.8. The van der Waals surface area contributed by atoms with Crippen LogP contribution in [-0.2, 0) is 4.79 Å². The number of alkyl halides is 3. The monoisotopic (exact) mass is 385 g/mol. The molecule has 9 heteroatoms. The highest BCUT2D eigenvalue weighted by Crippen LogP contribution is 2.34. The Morgan fingerprint density at radius 1 is 1.12 bits per heavy atom. The Kier molecular flexibility index (Phi) is 5.46. The second kappa shape index (κ2) is 7.77. The van der Waals surface area contributed by atoms with Gasteiger partial charge in [-0.05, 0) is 30.3 Å². The summed E-state index contributed by atoms with van der Waals surface area (Å²) in [5.74, 6) is 0.342. The van der Waals surface area contributed by atoms with Gasteiger partial charge in [0.05, 0.1) is 11.4 Å². The van der Waals surface area contributed by atoms with Gasteiger partial charge in [-0.1, -0.05) is 12.1 Å². The molecule has 26 heavy (non-hydrogen) atoms. The first-order valence-electron chi connectivity index (χ1n) is 7.58. The number of carbonyl (C=O) groups is 1. The molecule has 0 aromatic heterocycles. The fourth-order valence-corrected chi connectivity index (χ4v) is 2.96. The van der Waals surface area contributed by atoms with Crippen molar-refractivity contribution in [1.82, 2.24) is 0 Å². The van der Waals surface area contributed by atoms with E-state index in [1.165, 1.54) is 30.0 Å². The highest BCUT2D eigenvalue weighted by Gasteiger charge is 2.32. The Morgan fingerprint density at radius 2 is 1.85 bits per heavy atom. The van der Waals surface area contributed by atoms with Gasteiger partial charge >= 0.3 is 6.36 Å². The molecule has 0 spiro atoms. The number of hydrogen-bond acceptors (Lipinski definition) is 5. The van der Waals surface area contributed by atoms with E-state index in [4.69, 9.17) is 9.47 Å². The molecule has 1 N–H and O–H groups in total. The van der Waals surface area contributed by atoms with Gasteiger partial charge in [-0.25, -0.2) is 0 Å². The fraction of sp³-hybridized carbons (Fsp3) is 0.235. The molecule has 1 heterocycles. The topological polar surface area (TPSA) is 56.8 Å². The molecule has 0 saturated heterocycles. The van der Waals surface area contributed by atoms with Crippen LogP contribution in [0.4, 0.5) is 18.9 Å². The SMILES string of the molecule is O=C(CSc1ccc2c(c1)OCCO2)Nc1ccccc1OC(F)(F)F. The number of ether oxygens (including phenoxy) is 3. The maximum atomic E-state index is 12.4. The number of benzene rings is 2. The largest absolute Gasteiger partial charge is 0.573 e. The molecule has 138 valence electrons. The molecule has 0 saturated carbocycles. The third kappa shape index (κ3) is 4.98. The number of amides is 1. The van der Waals surface area contributed by atoms with Crippen molar-refractivity contribution < 1.29 is 32.2 Å². The molecule has 0 fully saturated rings. The lowest BCUT2D eigenvalue weighted by molar-refractivity contribution is -0.274. The normalized spacial score (nSPS) is 13.2. The van der Waals surface area contributed by atoms with E-state index in [-0.39, 0.29) is 11.4 Å². The van der Waals surface area contributed by atoms with Crippen molar-refractivity contribution in [2.24, 2.45) is 0 Å². The number of nitrogens with one attached hydrogen (secondary N) is 1. The average molecular weight is 385 g/mol. The van der Waals surface area contributed by atoms with Crippen molar-refractivity contribution in [3.8, 4) is 17.2 Å². The highest BCUT2D eigenvalue weighted by atomic mass is 32.2. The van der Waals surface area contributed by atoms with Gasteiger partial charge in [0.1, 0.15) is 13.2 Å². The number of thioether (sulfide) groups is 1. The van der Waals surface area contributed by atoms with E-state index in [1.807, 2.05) is 0 Å². The molecule has 0 atom stereocenters. The minimum absolute atomic E-state index is 0.0139. The molecule has 5 nitrogen and oxygen atoms in total.